The van der Waals surface area contributed by atoms with E-state index in [1.165, 1.54) is 37.4 Å². The van der Waals surface area contributed by atoms with Crippen LogP contribution >= 0.6 is 0 Å². The van der Waals surface area contributed by atoms with Crippen LogP contribution in [0.3, 0.4) is 0 Å². The van der Waals surface area contributed by atoms with Gasteiger partial charge < -0.3 is 0 Å². The van der Waals surface area contributed by atoms with E-state index in [2.05, 4.69) is 84.2 Å². The summed E-state index contributed by atoms with van der Waals surface area (Å²) in [7, 11) is 0. The standard InChI is InChI=1S/C23H23GeNO/c1-14-18-8-6-5-7-15(18)12-19-22-21-16(9-10-25-22)11-17(24(2,3)4)13-20(21)26-23(14)19/h5-13,22,25H,1-4H3. The summed E-state index contributed by atoms with van der Waals surface area (Å²) in [6.07, 6.45) is 4.28. The molecule has 3 aromatic carbocycles. The fraction of sp³-hybridized carbons (Fsp3) is 0.217. The van der Waals surface area contributed by atoms with Crippen molar-refractivity contribution in [2.45, 2.75) is 30.2 Å². The van der Waals surface area contributed by atoms with Gasteiger partial charge in [-0.2, -0.15) is 0 Å². The van der Waals surface area contributed by atoms with Crippen molar-refractivity contribution in [1.82, 2.24) is 5.32 Å². The minimum atomic E-state index is -1.95. The van der Waals surface area contributed by atoms with Crippen molar-refractivity contribution >= 4 is 34.5 Å². The van der Waals surface area contributed by atoms with E-state index in [4.69, 9.17) is 4.74 Å². The molecule has 0 saturated carbocycles. The summed E-state index contributed by atoms with van der Waals surface area (Å²) in [5, 5.41) is 6.12. The zero-order chi connectivity index (χ0) is 18.1. The number of nitrogens with one attached hydrogen (secondary N) is 1. The van der Waals surface area contributed by atoms with Crippen molar-refractivity contribution < 1.29 is 4.74 Å². The molecule has 0 aromatic heterocycles. The molecule has 2 aliphatic rings. The first-order valence-corrected chi connectivity index (χ1v) is 16.6. The molecule has 26 heavy (non-hydrogen) atoms. The average Bonchev–Trinajstić information content (AvgIpc) is 2.62. The zero-order valence-electron chi connectivity index (χ0n) is 15.7. The van der Waals surface area contributed by atoms with Crippen LogP contribution in [-0.4, -0.2) is 13.3 Å². The zero-order valence-corrected chi connectivity index (χ0v) is 17.8. The van der Waals surface area contributed by atoms with E-state index >= 15 is 0 Å². The van der Waals surface area contributed by atoms with Gasteiger partial charge in [0.05, 0.1) is 0 Å². The monoisotopic (exact) mass is 403 g/mol. The molecule has 0 saturated heterocycles. The Morgan fingerprint density at radius 2 is 1.85 bits per heavy atom. The summed E-state index contributed by atoms with van der Waals surface area (Å²) in [5.41, 5.74) is 5.05. The first-order chi connectivity index (χ1) is 12.4. The minimum absolute atomic E-state index is 0.165. The quantitative estimate of drug-likeness (QED) is 0.546. The molecule has 0 fully saturated rings. The predicted octanol–water partition coefficient (Wildman–Crippen LogP) is 5.46. The van der Waals surface area contributed by atoms with E-state index in [1.54, 1.807) is 0 Å². The predicted molar refractivity (Wildman–Crippen MR) is 112 cm³/mol. The molecule has 3 aromatic rings. The maximum absolute atomic E-state index is 6.56. The van der Waals surface area contributed by atoms with Crippen molar-refractivity contribution in [2.75, 3.05) is 0 Å². The molecule has 0 spiro atoms. The van der Waals surface area contributed by atoms with Crippen molar-refractivity contribution in [3.05, 3.63) is 70.9 Å². The van der Waals surface area contributed by atoms with E-state index in [0.717, 1.165) is 11.5 Å². The van der Waals surface area contributed by atoms with Crippen molar-refractivity contribution in [2.24, 2.45) is 0 Å². The van der Waals surface area contributed by atoms with Gasteiger partial charge in [-0.15, -0.1) is 0 Å². The van der Waals surface area contributed by atoms with Gasteiger partial charge >= 0.3 is 157 Å². The third kappa shape index (κ3) is 2.25. The molecule has 2 aliphatic heterocycles. The fourth-order valence-corrected chi connectivity index (χ4v) is 6.59. The van der Waals surface area contributed by atoms with E-state index in [9.17, 15) is 0 Å². The Bertz CT molecular complexity index is 1090. The molecule has 3 heteroatoms. The Labute approximate surface area is 157 Å². The van der Waals surface area contributed by atoms with E-state index in [1.807, 2.05) is 0 Å². The Hall–Kier alpha value is -2.20. The fourth-order valence-electron chi connectivity index (χ4n) is 4.17. The molecule has 2 nitrogen and oxygen atoms in total. The molecule has 1 atom stereocenters. The van der Waals surface area contributed by atoms with Gasteiger partial charge in [-0.3, -0.25) is 0 Å². The van der Waals surface area contributed by atoms with Gasteiger partial charge in [0, 0.05) is 0 Å². The molecule has 0 bridgehead atoms. The van der Waals surface area contributed by atoms with Crippen LogP contribution in [0.2, 0.25) is 17.3 Å². The van der Waals surface area contributed by atoms with Crippen LogP contribution in [0.15, 0.2) is 48.7 Å². The Balaban J connectivity index is 1.79. The summed E-state index contributed by atoms with van der Waals surface area (Å²) in [4.78, 5) is 0. The third-order valence-electron chi connectivity index (χ3n) is 5.66. The Morgan fingerprint density at radius 3 is 2.65 bits per heavy atom. The van der Waals surface area contributed by atoms with Crippen LogP contribution in [0.25, 0.3) is 16.8 Å². The summed E-state index contributed by atoms with van der Waals surface area (Å²) >= 11 is -1.95. The number of rotatable bonds is 1. The number of hydrogen-bond donors (Lipinski definition) is 1. The van der Waals surface area contributed by atoms with Crippen molar-refractivity contribution in [3.63, 3.8) is 0 Å². The van der Waals surface area contributed by atoms with Crippen LogP contribution in [0, 0.1) is 6.92 Å². The average molecular weight is 402 g/mol. The van der Waals surface area contributed by atoms with Crippen LogP contribution < -0.4 is 14.4 Å². The van der Waals surface area contributed by atoms with Gasteiger partial charge in [-0.25, -0.2) is 0 Å². The SMILES string of the molecule is Cc1c2c(cc3ccccc13)C1NC=Cc3c[c]([Ge]([CH3])([CH3])[CH3])cc(c31)O2. The number of aryl methyl sites for hydroxylation is 1. The summed E-state index contributed by atoms with van der Waals surface area (Å²) < 4.78 is 8.05. The Kier molecular flexibility index (Phi) is 3.33. The number of fused-ring (bicyclic) bond motifs is 3. The molecule has 130 valence electrons. The molecule has 0 amide bonds. The normalized spacial score (nSPS) is 17.3. The molecule has 2 heterocycles. The number of ether oxygens (including phenoxy) is 1. The second kappa shape index (κ2) is 5.40. The number of benzene rings is 3. The van der Waals surface area contributed by atoms with Gasteiger partial charge in [0.2, 0.25) is 0 Å². The van der Waals surface area contributed by atoms with Gasteiger partial charge in [0.1, 0.15) is 0 Å². The van der Waals surface area contributed by atoms with Gasteiger partial charge in [0.15, 0.2) is 0 Å². The number of hydrogen-bond acceptors (Lipinski definition) is 2. The molecular weight excluding hydrogens is 379 g/mol. The van der Waals surface area contributed by atoms with E-state index in [-0.39, 0.29) is 6.04 Å². The second-order valence-corrected chi connectivity index (χ2v) is 19.1. The third-order valence-corrected chi connectivity index (χ3v) is 9.90. The topological polar surface area (TPSA) is 21.3 Å². The first kappa shape index (κ1) is 16.0. The van der Waals surface area contributed by atoms with Gasteiger partial charge in [-0.05, 0) is 0 Å². The summed E-state index contributed by atoms with van der Waals surface area (Å²) in [6, 6.07) is 15.7. The molecule has 5 rings (SSSR count). The first-order valence-electron chi connectivity index (χ1n) is 9.24. The van der Waals surface area contributed by atoms with E-state index in [0.29, 0.717) is 0 Å². The molecular formula is C23H23GeNO. The van der Waals surface area contributed by atoms with Gasteiger partial charge in [0.25, 0.3) is 0 Å². The van der Waals surface area contributed by atoms with Crippen LogP contribution in [0.1, 0.15) is 28.3 Å². The van der Waals surface area contributed by atoms with Crippen molar-refractivity contribution in [1.29, 1.82) is 0 Å². The molecule has 1 unspecified atom stereocenters. The summed E-state index contributed by atoms with van der Waals surface area (Å²) in [6.45, 7) is 2.18. The van der Waals surface area contributed by atoms with Crippen LogP contribution in [0.5, 0.6) is 11.5 Å². The second-order valence-electron chi connectivity index (χ2n) is 8.40. The van der Waals surface area contributed by atoms with Crippen molar-refractivity contribution in [3.8, 4) is 11.5 Å². The summed E-state index contributed by atoms with van der Waals surface area (Å²) in [5.74, 6) is 9.37. The van der Waals surface area contributed by atoms with Crippen LogP contribution in [-0.2, 0) is 0 Å². The Morgan fingerprint density at radius 1 is 1.04 bits per heavy atom. The maximum atomic E-state index is 6.56. The van der Waals surface area contributed by atoms with Gasteiger partial charge in [-0.1, -0.05) is 0 Å². The van der Waals surface area contributed by atoms with Crippen LogP contribution in [0.4, 0.5) is 0 Å². The molecule has 0 radical (unpaired) electrons. The van der Waals surface area contributed by atoms with E-state index < -0.39 is 13.3 Å². The molecule has 0 aliphatic carbocycles. The molecule has 1 N–H and O–H groups in total.